The Balaban J connectivity index is 2.36. The van der Waals surface area contributed by atoms with Gasteiger partial charge in [-0.2, -0.15) is 4.98 Å². The van der Waals surface area contributed by atoms with Gasteiger partial charge in [0, 0.05) is 19.0 Å². The number of hydrogen-bond donors (Lipinski definition) is 1. The first-order chi connectivity index (χ1) is 13.8. The number of nitrogens with zero attached hydrogens (tertiary/aromatic N) is 2. The van der Waals surface area contributed by atoms with Gasteiger partial charge in [-0.3, -0.25) is 14.2 Å². The van der Waals surface area contributed by atoms with Crippen LogP contribution in [0.3, 0.4) is 0 Å². The van der Waals surface area contributed by atoms with E-state index in [0.717, 1.165) is 4.57 Å². The van der Waals surface area contributed by atoms with Crippen LogP contribution in [-0.2, 0) is 23.8 Å². The van der Waals surface area contributed by atoms with Crippen LogP contribution in [0.25, 0.3) is 0 Å². The molecular weight excluding hydrogens is 409 g/mol. The van der Waals surface area contributed by atoms with Crippen molar-refractivity contribution in [2.24, 2.45) is 0 Å². The van der Waals surface area contributed by atoms with Crippen LogP contribution in [0.2, 0.25) is 0 Å². The van der Waals surface area contributed by atoms with Gasteiger partial charge >= 0.3 is 17.6 Å². The number of ether oxygens (including phenoxy) is 3. The lowest BCUT2D eigenvalue weighted by atomic mass is 9.98. The molecule has 1 fully saturated rings. The Morgan fingerprint density at radius 3 is 2.59 bits per heavy atom. The van der Waals surface area contributed by atoms with Crippen LogP contribution >= 0.6 is 11.6 Å². The van der Waals surface area contributed by atoms with E-state index < -0.39 is 48.3 Å². The number of nitrogen functional groups attached to an aromatic ring is 1. The lowest BCUT2D eigenvalue weighted by Gasteiger charge is -2.31. The van der Waals surface area contributed by atoms with Gasteiger partial charge in [0.2, 0.25) is 0 Å². The highest BCUT2D eigenvalue weighted by Gasteiger charge is 2.59. The molecule has 0 unspecified atom stereocenters. The first-order valence-corrected chi connectivity index (χ1v) is 9.89. The number of nitrogens with two attached hydrogens (primary N) is 1. The van der Waals surface area contributed by atoms with E-state index in [9.17, 15) is 14.4 Å². The lowest BCUT2D eigenvalue weighted by molar-refractivity contribution is -0.174. The highest BCUT2D eigenvalue weighted by atomic mass is 35.5. The van der Waals surface area contributed by atoms with E-state index in [2.05, 4.69) is 4.98 Å². The van der Waals surface area contributed by atoms with Gasteiger partial charge in [0.05, 0.1) is 5.88 Å². The second-order valence-electron chi connectivity index (χ2n) is 6.76. The summed E-state index contributed by atoms with van der Waals surface area (Å²) in [6.07, 6.45) is -2.44. The molecule has 1 saturated heterocycles. The predicted octanol–water partition coefficient (Wildman–Crippen LogP) is 1.73. The predicted molar refractivity (Wildman–Crippen MR) is 102 cm³/mol. The van der Waals surface area contributed by atoms with Crippen LogP contribution < -0.4 is 11.4 Å². The van der Waals surface area contributed by atoms with Crippen molar-refractivity contribution in [1.29, 1.82) is 0 Å². The molecular formula is C18H25ClFN3O6. The minimum atomic E-state index is -1.96. The summed E-state index contributed by atoms with van der Waals surface area (Å²) >= 11 is 6.07. The van der Waals surface area contributed by atoms with E-state index in [1.165, 1.54) is 12.3 Å². The van der Waals surface area contributed by atoms with Crippen molar-refractivity contribution >= 4 is 29.4 Å². The van der Waals surface area contributed by atoms with Crippen LogP contribution in [-0.4, -0.2) is 51.9 Å². The summed E-state index contributed by atoms with van der Waals surface area (Å²) in [6, 6.07) is 1.30. The summed E-state index contributed by atoms with van der Waals surface area (Å²) in [5.41, 5.74) is 2.96. The molecule has 0 saturated carbocycles. The van der Waals surface area contributed by atoms with Crippen LogP contribution in [0.1, 0.15) is 45.8 Å². The number of aromatic nitrogens is 2. The number of alkyl halides is 2. The third-order valence-corrected chi connectivity index (χ3v) is 4.88. The summed E-state index contributed by atoms with van der Waals surface area (Å²) in [4.78, 5) is 39.6. The largest absolute Gasteiger partial charge is 0.462 e. The minimum Gasteiger partial charge on any atom is -0.462 e. The molecule has 2 heterocycles. The summed E-state index contributed by atoms with van der Waals surface area (Å²) in [7, 11) is 0. The molecule has 1 aliphatic heterocycles. The van der Waals surface area contributed by atoms with Gasteiger partial charge < -0.3 is 19.9 Å². The van der Waals surface area contributed by atoms with Crippen LogP contribution in [0.15, 0.2) is 17.1 Å². The fourth-order valence-corrected chi connectivity index (χ4v) is 3.25. The Hall–Kier alpha value is -2.20. The highest BCUT2D eigenvalue weighted by molar-refractivity contribution is 6.18. The quantitative estimate of drug-likeness (QED) is 0.461. The fraction of sp³-hybridized carbons (Fsp3) is 0.667. The van der Waals surface area contributed by atoms with E-state index in [4.69, 9.17) is 31.5 Å². The van der Waals surface area contributed by atoms with E-state index in [1.807, 2.05) is 0 Å². The fourth-order valence-electron chi connectivity index (χ4n) is 2.96. The zero-order valence-corrected chi connectivity index (χ0v) is 17.1. The van der Waals surface area contributed by atoms with Gasteiger partial charge in [0.15, 0.2) is 24.1 Å². The Kier molecular flexibility index (Phi) is 7.97. The third kappa shape index (κ3) is 5.24. The number of anilines is 1. The van der Waals surface area contributed by atoms with Crippen molar-refractivity contribution in [1.82, 2.24) is 9.55 Å². The first-order valence-electron chi connectivity index (χ1n) is 9.35. The van der Waals surface area contributed by atoms with Crippen LogP contribution in [0, 0.1) is 0 Å². The average Bonchev–Trinajstić information content (AvgIpc) is 2.93. The zero-order valence-electron chi connectivity index (χ0n) is 16.3. The van der Waals surface area contributed by atoms with Gasteiger partial charge in [0.1, 0.15) is 12.4 Å². The summed E-state index contributed by atoms with van der Waals surface area (Å²) in [6.45, 7) is 3.13. The van der Waals surface area contributed by atoms with E-state index in [1.54, 1.807) is 13.8 Å². The van der Waals surface area contributed by atoms with E-state index in [-0.39, 0.29) is 24.5 Å². The van der Waals surface area contributed by atoms with Gasteiger partial charge in [-0.05, 0) is 18.9 Å². The Bertz CT molecular complexity index is 791. The Morgan fingerprint density at radius 2 is 2.00 bits per heavy atom. The van der Waals surface area contributed by atoms with E-state index >= 15 is 4.39 Å². The van der Waals surface area contributed by atoms with Crippen LogP contribution in [0.4, 0.5) is 10.2 Å². The second-order valence-corrected chi connectivity index (χ2v) is 7.03. The van der Waals surface area contributed by atoms with E-state index in [0.29, 0.717) is 12.8 Å². The molecule has 0 radical (unpaired) electrons. The molecule has 0 amide bonds. The first kappa shape index (κ1) is 23.1. The SMILES string of the molecule is CCCC(=O)OC[C@@]1(CCl)O[C@@H](n2ccc(N)nc2=O)[C@H](F)[C@@H]1OC(=O)CCC. The molecule has 29 heavy (non-hydrogen) atoms. The highest BCUT2D eigenvalue weighted by Crippen LogP contribution is 2.41. The normalized spacial score (nSPS) is 26.3. The van der Waals surface area contributed by atoms with Gasteiger partial charge in [-0.25, -0.2) is 9.18 Å². The standard InChI is InChI=1S/C18H25ClFN3O6/c1-3-5-12(24)27-10-18(9-19)15(28-13(25)6-4-2)14(20)16(29-18)23-8-7-11(21)22-17(23)26/h7-8,14-16H,3-6,9-10H2,1-2H3,(H2,21,22,26)/t14-,15+,16-,18-/m1/s1. The van der Waals surface area contributed by atoms with Gasteiger partial charge in [-0.1, -0.05) is 13.8 Å². The molecule has 0 bridgehead atoms. The van der Waals surface area contributed by atoms with Crippen molar-refractivity contribution in [2.75, 3.05) is 18.2 Å². The summed E-state index contributed by atoms with van der Waals surface area (Å²) in [5, 5.41) is 0. The molecule has 1 aliphatic rings. The number of carbonyl (C=O) groups is 2. The van der Waals surface area contributed by atoms with Crippen molar-refractivity contribution in [3.8, 4) is 0 Å². The number of esters is 2. The van der Waals surface area contributed by atoms with Crippen molar-refractivity contribution < 1.29 is 28.2 Å². The molecule has 0 spiro atoms. The molecule has 0 aromatic carbocycles. The molecule has 1 aromatic heterocycles. The number of hydrogen-bond acceptors (Lipinski definition) is 8. The molecule has 1 aromatic rings. The van der Waals surface area contributed by atoms with Crippen LogP contribution in [0.5, 0.6) is 0 Å². The average molecular weight is 434 g/mol. The molecule has 162 valence electrons. The molecule has 9 nitrogen and oxygen atoms in total. The minimum absolute atomic E-state index is 0.0392. The Labute approximate surface area is 172 Å². The van der Waals surface area contributed by atoms with Gasteiger partial charge in [0.25, 0.3) is 0 Å². The van der Waals surface area contributed by atoms with Crippen molar-refractivity contribution in [3.63, 3.8) is 0 Å². The van der Waals surface area contributed by atoms with Gasteiger partial charge in [-0.15, -0.1) is 11.6 Å². The number of halogens is 2. The maximum Gasteiger partial charge on any atom is 0.351 e. The summed E-state index contributed by atoms with van der Waals surface area (Å²) < 4.78 is 32.5. The van der Waals surface area contributed by atoms with Crippen molar-refractivity contribution in [3.05, 3.63) is 22.7 Å². The maximum absolute atomic E-state index is 15.4. The van der Waals surface area contributed by atoms with Crippen molar-refractivity contribution in [2.45, 2.75) is 63.6 Å². The molecule has 0 aliphatic carbocycles. The molecule has 11 heteroatoms. The third-order valence-electron chi connectivity index (χ3n) is 4.43. The summed E-state index contributed by atoms with van der Waals surface area (Å²) in [5.74, 6) is -1.56. The maximum atomic E-state index is 15.4. The number of carbonyl (C=O) groups excluding carboxylic acids is 2. The smallest absolute Gasteiger partial charge is 0.351 e. The lowest BCUT2D eigenvalue weighted by Crippen LogP contribution is -2.50. The zero-order chi connectivity index (χ0) is 21.6. The second kappa shape index (κ2) is 10.0. The molecule has 4 atom stereocenters. The number of rotatable bonds is 9. The molecule has 2 N–H and O–H groups in total. The molecule has 2 rings (SSSR count). The Morgan fingerprint density at radius 1 is 1.34 bits per heavy atom. The topological polar surface area (TPSA) is 123 Å². The monoisotopic (exact) mass is 433 g/mol.